The van der Waals surface area contributed by atoms with Crippen molar-refractivity contribution < 1.29 is 4.74 Å². The molecule has 1 rings (SSSR count). The van der Waals surface area contributed by atoms with E-state index >= 15 is 0 Å². The molecule has 0 aromatic carbocycles. The van der Waals surface area contributed by atoms with E-state index in [4.69, 9.17) is 4.74 Å². The topological polar surface area (TPSA) is 17.4 Å². The van der Waals surface area contributed by atoms with E-state index in [1.807, 2.05) is 0 Å². The Labute approximate surface area is 92.6 Å². The Morgan fingerprint density at radius 1 is 1.13 bits per heavy atom. The van der Waals surface area contributed by atoms with E-state index < -0.39 is 0 Å². The molecule has 0 N–H and O–H groups in total. The molecule has 15 heavy (non-hydrogen) atoms. The molecule has 0 fully saturated rings. The molecule has 0 atom stereocenters. The molecule has 0 spiro atoms. The van der Waals surface area contributed by atoms with Crippen molar-refractivity contribution in [3.63, 3.8) is 0 Å². The lowest BCUT2D eigenvalue weighted by atomic mass is 10.5. The van der Waals surface area contributed by atoms with Crippen LogP contribution in [0.1, 0.15) is 11.4 Å². The van der Waals surface area contributed by atoms with Gasteiger partial charge in [-0.15, -0.1) is 0 Å². The van der Waals surface area contributed by atoms with E-state index in [1.54, 1.807) is 0 Å². The van der Waals surface area contributed by atoms with Gasteiger partial charge in [0.2, 0.25) is 0 Å². The molecule has 0 saturated heterocycles. The first-order chi connectivity index (χ1) is 7.11. The van der Waals surface area contributed by atoms with Gasteiger partial charge in [-0.3, -0.25) is 0 Å². The summed E-state index contributed by atoms with van der Waals surface area (Å²) in [6, 6.07) is 4.30. The summed E-state index contributed by atoms with van der Waals surface area (Å²) in [6.45, 7) is 7.82. The third-order valence-electron chi connectivity index (χ3n) is 2.56. The van der Waals surface area contributed by atoms with Crippen LogP contribution in [-0.2, 0) is 11.3 Å². The van der Waals surface area contributed by atoms with Crippen LogP contribution in [0.4, 0.5) is 0 Å². The van der Waals surface area contributed by atoms with Crippen LogP contribution in [0, 0.1) is 13.8 Å². The van der Waals surface area contributed by atoms with Gasteiger partial charge in [-0.05, 0) is 40.1 Å². The average Bonchev–Trinajstić information content (AvgIpc) is 2.47. The summed E-state index contributed by atoms with van der Waals surface area (Å²) in [7, 11) is 4.12. The van der Waals surface area contributed by atoms with Crippen LogP contribution in [0.25, 0.3) is 0 Å². The quantitative estimate of drug-likeness (QED) is 0.665. The lowest BCUT2D eigenvalue weighted by Gasteiger charge is -2.12. The summed E-state index contributed by atoms with van der Waals surface area (Å²) in [5, 5.41) is 0. The summed E-state index contributed by atoms with van der Waals surface area (Å²) in [5.41, 5.74) is 2.62. The molecule has 3 heteroatoms. The maximum absolute atomic E-state index is 5.57. The first-order valence-corrected chi connectivity index (χ1v) is 5.46. The van der Waals surface area contributed by atoms with Gasteiger partial charge < -0.3 is 14.2 Å². The Kier molecular flexibility index (Phi) is 4.85. The zero-order chi connectivity index (χ0) is 11.3. The number of aryl methyl sites for hydroxylation is 2. The van der Waals surface area contributed by atoms with Gasteiger partial charge in [-0.1, -0.05) is 0 Å². The predicted molar refractivity (Wildman–Crippen MR) is 63.3 cm³/mol. The maximum Gasteiger partial charge on any atom is 0.0646 e. The van der Waals surface area contributed by atoms with Crippen molar-refractivity contribution >= 4 is 0 Å². The van der Waals surface area contributed by atoms with E-state index in [2.05, 4.69) is 49.5 Å². The number of likely N-dealkylation sites (N-methyl/N-ethyl adjacent to an activating group) is 1. The fourth-order valence-electron chi connectivity index (χ4n) is 1.56. The minimum absolute atomic E-state index is 0.796. The molecule has 0 aliphatic heterocycles. The summed E-state index contributed by atoms with van der Waals surface area (Å²) in [6.07, 6.45) is 0. The smallest absolute Gasteiger partial charge is 0.0646 e. The highest BCUT2D eigenvalue weighted by Gasteiger charge is 2.00. The van der Waals surface area contributed by atoms with Gasteiger partial charge in [0.05, 0.1) is 13.2 Å². The van der Waals surface area contributed by atoms with E-state index in [0.717, 1.165) is 26.3 Å². The molecule has 0 saturated carbocycles. The predicted octanol–water partition coefficient (Wildman–Crippen LogP) is 1.68. The standard InChI is InChI=1S/C12H22N2O/c1-11-5-6-12(2)14(11)8-10-15-9-7-13(3)4/h5-6H,7-10H2,1-4H3. The zero-order valence-electron chi connectivity index (χ0n) is 10.3. The summed E-state index contributed by atoms with van der Waals surface area (Å²) >= 11 is 0. The Bertz CT molecular complexity index is 272. The molecule has 0 bridgehead atoms. The average molecular weight is 210 g/mol. The summed E-state index contributed by atoms with van der Waals surface area (Å²) in [4.78, 5) is 2.13. The largest absolute Gasteiger partial charge is 0.378 e. The zero-order valence-corrected chi connectivity index (χ0v) is 10.3. The van der Waals surface area contributed by atoms with Crippen LogP contribution in [0.5, 0.6) is 0 Å². The highest BCUT2D eigenvalue weighted by molar-refractivity contribution is 5.13. The molecule has 0 aliphatic carbocycles. The van der Waals surface area contributed by atoms with Crippen molar-refractivity contribution in [3.8, 4) is 0 Å². The maximum atomic E-state index is 5.57. The van der Waals surface area contributed by atoms with Gasteiger partial charge in [0.1, 0.15) is 0 Å². The lowest BCUT2D eigenvalue weighted by Crippen LogP contribution is -2.19. The van der Waals surface area contributed by atoms with E-state index in [-0.39, 0.29) is 0 Å². The molecule has 3 nitrogen and oxygen atoms in total. The molecule has 1 heterocycles. The van der Waals surface area contributed by atoms with E-state index in [0.29, 0.717) is 0 Å². The molecule has 0 amide bonds. The Morgan fingerprint density at radius 2 is 1.73 bits per heavy atom. The fourth-order valence-corrected chi connectivity index (χ4v) is 1.56. The third kappa shape index (κ3) is 4.06. The van der Waals surface area contributed by atoms with Gasteiger partial charge in [0.15, 0.2) is 0 Å². The molecular formula is C12H22N2O. The molecule has 0 radical (unpaired) electrons. The normalized spacial score (nSPS) is 11.3. The molecule has 1 aromatic rings. The van der Waals surface area contributed by atoms with Crippen LogP contribution in [0.2, 0.25) is 0 Å². The first kappa shape index (κ1) is 12.3. The Hall–Kier alpha value is -0.800. The number of rotatable bonds is 6. The van der Waals surface area contributed by atoms with Crippen LogP contribution >= 0.6 is 0 Å². The highest BCUT2D eigenvalue weighted by atomic mass is 16.5. The minimum Gasteiger partial charge on any atom is -0.378 e. The van der Waals surface area contributed by atoms with E-state index in [9.17, 15) is 0 Å². The van der Waals surface area contributed by atoms with Crippen LogP contribution in [-0.4, -0.2) is 43.3 Å². The Balaban J connectivity index is 2.20. The SMILES string of the molecule is Cc1ccc(C)n1CCOCCN(C)C. The first-order valence-electron chi connectivity index (χ1n) is 5.46. The van der Waals surface area contributed by atoms with Gasteiger partial charge in [-0.2, -0.15) is 0 Å². The fraction of sp³-hybridized carbons (Fsp3) is 0.667. The van der Waals surface area contributed by atoms with Crippen molar-refractivity contribution in [2.45, 2.75) is 20.4 Å². The van der Waals surface area contributed by atoms with Gasteiger partial charge in [-0.25, -0.2) is 0 Å². The second-order valence-electron chi connectivity index (χ2n) is 4.18. The Morgan fingerprint density at radius 3 is 2.27 bits per heavy atom. The summed E-state index contributed by atoms with van der Waals surface area (Å²) in [5.74, 6) is 0. The second-order valence-corrected chi connectivity index (χ2v) is 4.18. The van der Waals surface area contributed by atoms with Crippen LogP contribution in [0.15, 0.2) is 12.1 Å². The van der Waals surface area contributed by atoms with Crippen molar-refractivity contribution in [1.82, 2.24) is 9.47 Å². The van der Waals surface area contributed by atoms with Crippen LogP contribution in [0.3, 0.4) is 0 Å². The number of hydrogen-bond acceptors (Lipinski definition) is 2. The monoisotopic (exact) mass is 210 g/mol. The number of aromatic nitrogens is 1. The number of hydrogen-bond donors (Lipinski definition) is 0. The van der Waals surface area contributed by atoms with E-state index in [1.165, 1.54) is 11.4 Å². The third-order valence-corrected chi connectivity index (χ3v) is 2.56. The number of nitrogens with zero attached hydrogens (tertiary/aromatic N) is 2. The minimum atomic E-state index is 0.796. The van der Waals surface area contributed by atoms with Crippen molar-refractivity contribution in [2.24, 2.45) is 0 Å². The summed E-state index contributed by atoms with van der Waals surface area (Å²) < 4.78 is 7.85. The van der Waals surface area contributed by atoms with Gasteiger partial charge in [0, 0.05) is 24.5 Å². The van der Waals surface area contributed by atoms with Gasteiger partial charge >= 0.3 is 0 Å². The lowest BCUT2D eigenvalue weighted by molar-refractivity contribution is 0.110. The number of ether oxygens (including phenoxy) is 1. The van der Waals surface area contributed by atoms with Crippen molar-refractivity contribution in [3.05, 3.63) is 23.5 Å². The van der Waals surface area contributed by atoms with Gasteiger partial charge in [0.25, 0.3) is 0 Å². The van der Waals surface area contributed by atoms with Crippen molar-refractivity contribution in [2.75, 3.05) is 33.9 Å². The highest BCUT2D eigenvalue weighted by Crippen LogP contribution is 2.06. The second kappa shape index (κ2) is 5.93. The van der Waals surface area contributed by atoms with Crippen LogP contribution < -0.4 is 0 Å². The molecule has 0 aliphatic rings. The molecule has 0 unspecified atom stereocenters. The molecule has 86 valence electrons. The molecular weight excluding hydrogens is 188 g/mol. The van der Waals surface area contributed by atoms with Crippen molar-refractivity contribution in [1.29, 1.82) is 0 Å². The molecule has 1 aromatic heterocycles.